The van der Waals surface area contributed by atoms with Crippen LogP contribution in [0.1, 0.15) is 5.56 Å². The van der Waals surface area contributed by atoms with E-state index in [0.717, 1.165) is 5.56 Å². The highest BCUT2D eigenvalue weighted by Gasteiger charge is 2.24. The van der Waals surface area contributed by atoms with Crippen molar-refractivity contribution in [2.24, 2.45) is 0 Å². The third kappa shape index (κ3) is 2.97. The van der Waals surface area contributed by atoms with Crippen molar-refractivity contribution in [1.29, 1.82) is 0 Å². The van der Waals surface area contributed by atoms with E-state index < -0.39 is 10.0 Å². The van der Waals surface area contributed by atoms with E-state index in [-0.39, 0.29) is 4.90 Å². The highest BCUT2D eigenvalue weighted by atomic mass is 32.2. The van der Waals surface area contributed by atoms with E-state index in [1.165, 1.54) is 10.5 Å². The van der Waals surface area contributed by atoms with Crippen molar-refractivity contribution in [3.8, 4) is 0 Å². The number of nitrogens with zero attached hydrogens (tertiary/aromatic N) is 2. The smallest absolute Gasteiger partial charge is 0.246 e. The molecule has 0 aliphatic carbocycles. The zero-order chi connectivity index (χ0) is 14.6. The summed E-state index contributed by atoms with van der Waals surface area (Å²) < 4.78 is 26.4. The second-order valence-electron chi connectivity index (χ2n) is 4.37. The minimum atomic E-state index is -3.57. The van der Waals surface area contributed by atoms with Gasteiger partial charge in [0.25, 0.3) is 0 Å². The number of sulfonamides is 1. The number of nitrogens with one attached hydrogen (secondary N) is 1. The second kappa shape index (κ2) is 6.02. The number of hydrogen-bond acceptors (Lipinski definition) is 4. The summed E-state index contributed by atoms with van der Waals surface area (Å²) in [7, 11) is -0.321. The molecule has 0 aliphatic heterocycles. The molecule has 0 saturated heterocycles. The van der Waals surface area contributed by atoms with E-state index in [1.54, 1.807) is 26.4 Å². The van der Waals surface area contributed by atoms with Gasteiger partial charge in [0.1, 0.15) is 4.90 Å². The van der Waals surface area contributed by atoms with Crippen molar-refractivity contribution in [1.82, 2.24) is 9.29 Å². The first-order chi connectivity index (χ1) is 9.55. The molecule has 0 radical (unpaired) electrons. The largest absolute Gasteiger partial charge is 0.387 e. The number of rotatable bonds is 5. The Morgan fingerprint density at radius 1 is 1.20 bits per heavy atom. The lowest BCUT2D eigenvalue weighted by Crippen LogP contribution is -2.27. The maximum Gasteiger partial charge on any atom is 0.246 e. The second-order valence-corrected chi connectivity index (χ2v) is 6.38. The van der Waals surface area contributed by atoms with Gasteiger partial charge in [-0.3, -0.25) is 4.98 Å². The molecule has 6 heteroatoms. The molecule has 1 aromatic heterocycles. The SMILES string of the molecule is CNc1ccncc1S(=O)(=O)N(C)Cc1ccccc1. The van der Waals surface area contributed by atoms with Crippen LogP contribution in [0.15, 0.2) is 53.7 Å². The van der Waals surface area contributed by atoms with Crippen LogP contribution in [0.25, 0.3) is 0 Å². The first kappa shape index (κ1) is 14.5. The molecule has 1 heterocycles. The highest BCUT2D eigenvalue weighted by Crippen LogP contribution is 2.23. The molecule has 5 nitrogen and oxygen atoms in total. The molecule has 0 spiro atoms. The summed E-state index contributed by atoms with van der Waals surface area (Å²) in [5.74, 6) is 0. The van der Waals surface area contributed by atoms with E-state index in [9.17, 15) is 8.42 Å². The van der Waals surface area contributed by atoms with E-state index in [2.05, 4.69) is 10.3 Å². The van der Waals surface area contributed by atoms with Gasteiger partial charge < -0.3 is 5.32 Å². The van der Waals surface area contributed by atoms with Gasteiger partial charge in [-0.1, -0.05) is 30.3 Å². The van der Waals surface area contributed by atoms with E-state index in [0.29, 0.717) is 12.2 Å². The lowest BCUT2D eigenvalue weighted by atomic mass is 10.2. The van der Waals surface area contributed by atoms with Crippen molar-refractivity contribution < 1.29 is 8.42 Å². The van der Waals surface area contributed by atoms with Crippen molar-refractivity contribution in [2.75, 3.05) is 19.4 Å². The molecule has 1 N–H and O–H groups in total. The van der Waals surface area contributed by atoms with Crippen LogP contribution in [-0.4, -0.2) is 31.8 Å². The Balaban J connectivity index is 2.30. The van der Waals surface area contributed by atoms with Crippen molar-refractivity contribution in [3.05, 3.63) is 54.4 Å². The fraction of sp³-hybridized carbons (Fsp3) is 0.214. The predicted octanol–water partition coefficient (Wildman–Crippen LogP) is 1.94. The topological polar surface area (TPSA) is 62.3 Å². The maximum atomic E-state index is 12.6. The van der Waals surface area contributed by atoms with Gasteiger partial charge in [-0.25, -0.2) is 8.42 Å². The molecule has 0 aliphatic rings. The molecule has 20 heavy (non-hydrogen) atoms. The van der Waals surface area contributed by atoms with E-state index >= 15 is 0 Å². The van der Waals surface area contributed by atoms with Gasteiger partial charge in [0.15, 0.2) is 0 Å². The summed E-state index contributed by atoms with van der Waals surface area (Å²) in [6, 6.07) is 11.1. The van der Waals surface area contributed by atoms with Gasteiger partial charge in [0.05, 0.1) is 5.69 Å². The number of benzene rings is 1. The van der Waals surface area contributed by atoms with Gasteiger partial charge in [0.2, 0.25) is 10.0 Å². The first-order valence-corrected chi connectivity index (χ1v) is 7.61. The first-order valence-electron chi connectivity index (χ1n) is 6.17. The molecular weight excluding hydrogens is 274 g/mol. The Morgan fingerprint density at radius 2 is 1.90 bits per heavy atom. The van der Waals surface area contributed by atoms with Gasteiger partial charge in [-0.15, -0.1) is 0 Å². The maximum absolute atomic E-state index is 12.6. The van der Waals surface area contributed by atoms with Gasteiger partial charge in [-0.05, 0) is 11.6 Å². The summed E-state index contributed by atoms with van der Waals surface area (Å²) >= 11 is 0. The van der Waals surface area contributed by atoms with E-state index in [4.69, 9.17) is 0 Å². The summed E-state index contributed by atoms with van der Waals surface area (Å²) in [6.45, 7) is 0.321. The van der Waals surface area contributed by atoms with Crippen LogP contribution in [0.2, 0.25) is 0 Å². The van der Waals surface area contributed by atoms with Crippen molar-refractivity contribution >= 4 is 15.7 Å². The molecule has 0 saturated carbocycles. The summed E-state index contributed by atoms with van der Waals surface area (Å²) in [5, 5.41) is 2.87. The average molecular weight is 291 g/mol. The molecular formula is C14H17N3O2S. The molecule has 0 unspecified atom stereocenters. The van der Waals surface area contributed by atoms with Crippen LogP contribution in [0.3, 0.4) is 0 Å². The summed E-state index contributed by atoms with van der Waals surface area (Å²) in [6.07, 6.45) is 2.92. The zero-order valence-corrected chi connectivity index (χ0v) is 12.3. The summed E-state index contributed by atoms with van der Waals surface area (Å²) in [5.41, 5.74) is 1.48. The number of hydrogen-bond donors (Lipinski definition) is 1. The van der Waals surface area contributed by atoms with E-state index in [1.807, 2.05) is 30.3 Å². The molecule has 0 amide bonds. The van der Waals surface area contributed by atoms with Gasteiger partial charge in [0, 0.05) is 33.0 Å². The Labute approximate surface area is 119 Å². The predicted molar refractivity (Wildman–Crippen MR) is 78.9 cm³/mol. The molecule has 2 rings (SSSR count). The number of pyridine rings is 1. The Morgan fingerprint density at radius 3 is 2.55 bits per heavy atom. The third-order valence-corrected chi connectivity index (χ3v) is 4.82. The molecule has 106 valence electrons. The molecule has 2 aromatic rings. The third-order valence-electron chi connectivity index (χ3n) is 2.99. The molecule has 0 fully saturated rings. The van der Waals surface area contributed by atoms with Gasteiger partial charge in [-0.2, -0.15) is 4.31 Å². The van der Waals surface area contributed by atoms with Crippen LogP contribution in [-0.2, 0) is 16.6 Å². The lowest BCUT2D eigenvalue weighted by Gasteiger charge is -2.18. The van der Waals surface area contributed by atoms with Crippen LogP contribution in [0.5, 0.6) is 0 Å². The Kier molecular flexibility index (Phi) is 4.36. The normalized spacial score (nSPS) is 11.6. The minimum Gasteiger partial charge on any atom is -0.387 e. The zero-order valence-electron chi connectivity index (χ0n) is 11.4. The lowest BCUT2D eigenvalue weighted by molar-refractivity contribution is 0.467. The van der Waals surface area contributed by atoms with Crippen LogP contribution >= 0.6 is 0 Å². The fourth-order valence-corrected chi connectivity index (χ4v) is 3.18. The molecule has 0 bridgehead atoms. The van der Waals surface area contributed by atoms with Crippen LogP contribution in [0, 0.1) is 0 Å². The number of anilines is 1. The fourth-order valence-electron chi connectivity index (χ4n) is 1.89. The molecule has 0 atom stereocenters. The molecule has 1 aromatic carbocycles. The summed E-state index contributed by atoms with van der Waals surface area (Å²) in [4.78, 5) is 4.08. The van der Waals surface area contributed by atoms with Gasteiger partial charge >= 0.3 is 0 Å². The quantitative estimate of drug-likeness (QED) is 0.914. The monoisotopic (exact) mass is 291 g/mol. The van der Waals surface area contributed by atoms with Crippen LogP contribution < -0.4 is 5.32 Å². The highest BCUT2D eigenvalue weighted by molar-refractivity contribution is 7.89. The van der Waals surface area contributed by atoms with Crippen molar-refractivity contribution in [3.63, 3.8) is 0 Å². The Bertz CT molecular complexity index is 672. The Hall–Kier alpha value is -1.92. The van der Waals surface area contributed by atoms with Crippen LogP contribution in [0.4, 0.5) is 5.69 Å². The number of aromatic nitrogens is 1. The van der Waals surface area contributed by atoms with Crippen molar-refractivity contribution in [2.45, 2.75) is 11.4 Å². The standard InChI is InChI=1S/C14H17N3O2S/c1-15-13-8-9-16-10-14(13)20(18,19)17(2)11-12-6-4-3-5-7-12/h3-10H,11H2,1-2H3,(H,15,16). The minimum absolute atomic E-state index is 0.181. The average Bonchev–Trinajstić information content (AvgIpc) is 2.48.